The number of furan rings is 1. The van der Waals surface area contributed by atoms with Gasteiger partial charge in [-0.2, -0.15) is 0 Å². The van der Waals surface area contributed by atoms with E-state index in [1.165, 1.54) is 0 Å². The van der Waals surface area contributed by atoms with E-state index in [-0.39, 0.29) is 11.9 Å². The molecular formula is C16H19BrN2O2. The fourth-order valence-corrected chi connectivity index (χ4v) is 3.17. The largest absolute Gasteiger partial charge is 0.451 e. The molecule has 112 valence electrons. The third kappa shape index (κ3) is 2.99. The smallest absolute Gasteiger partial charge is 0.287 e. The van der Waals surface area contributed by atoms with Crippen molar-refractivity contribution in [3.8, 4) is 0 Å². The summed E-state index contributed by atoms with van der Waals surface area (Å²) in [6.45, 7) is 3.98. The van der Waals surface area contributed by atoms with E-state index in [1.54, 1.807) is 0 Å². The molecule has 1 amide bonds. The number of carbonyl (C=O) groups is 1. The van der Waals surface area contributed by atoms with Gasteiger partial charge in [-0.3, -0.25) is 4.79 Å². The standard InChI is InChI=1S/C16H19BrN2O2/c1-10-13-9-11(17)3-4-14(13)21-15(10)16(20)18-12-5-7-19(2)8-6-12/h3-4,9,12H,5-8H2,1-2H3,(H,18,20). The highest BCUT2D eigenvalue weighted by Crippen LogP contribution is 2.28. The summed E-state index contributed by atoms with van der Waals surface area (Å²) in [5.41, 5.74) is 1.65. The Morgan fingerprint density at radius 3 is 2.81 bits per heavy atom. The van der Waals surface area contributed by atoms with Crippen molar-refractivity contribution in [2.24, 2.45) is 0 Å². The number of amides is 1. The summed E-state index contributed by atoms with van der Waals surface area (Å²) in [5, 5.41) is 4.09. The highest BCUT2D eigenvalue weighted by molar-refractivity contribution is 9.10. The summed E-state index contributed by atoms with van der Waals surface area (Å²) in [5.74, 6) is 0.330. The lowest BCUT2D eigenvalue weighted by atomic mass is 10.1. The molecule has 0 atom stereocenters. The van der Waals surface area contributed by atoms with Crippen molar-refractivity contribution in [3.05, 3.63) is 34.0 Å². The van der Waals surface area contributed by atoms with Crippen LogP contribution in [0.3, 0.4) is 0 Å². The average molecular weight is 351 g/mol. The first-order valence-electron chi connectivity index (χ1n) is 7.22. The Labute approximate surface area is 132 Å². The molecule has 2 heterocycles. The van der Waals surface area contributed by atoms with E-state index in [4.69, 9.17) is 4.42 Å². The predicted molar refractivity (Wildman–Crippen MR) is 86.6 cm³/mol. The second kappa shape index (κ2) is 5.81. The van der Waals surface area contributed by atoms with Crippen LogP contribution in [0.1, 0.15) is 29.0 Å². The Kier molecular flexibility index (Phi) is 4.04. The van der Waals surface area contributed by atoms with E-state index in [0.717, 1.165) is 46.9 Å². The van der Waals surface area contributed by atoms with Crippen molar-refractivity contribution in [2.75, 3.05) is 20.1 Å². The highest BCUT2D eigenvalue weighted by atomic mass is 79.9. The monoisotopic (exact) mass is 350 g/mol. The van der Waals surface area contributed by atoms with Gasteiger partial charge in [-0.1, -0.05) is 15.9 Å². The van der Waals surface area contributed by atoms with Crippen LogP contribution in [0.15, 0.2) is 27.1 Å². The number of hydrogen-bond acceptors (Lipinski definition) is 3. The highest BCUT2D eigenvalue weighted by Gasteiger charge is 2.23. The molecule has 1 fully saturated rings. The molecule has 1 aromatic carbocycles. The number of rotatable bonds is 2. The zero-order valence-electron chi connectivity index (χ0n) is 12.3. The van der Waals surface area contributed by atoms with Gasteiger partial charge in [-0.05, 0) is 58.1 Å². The normalized spacial score (nSPS) is 17.3. The summed E-state index contributed by atoms with van der Waals surface area (Å²) in [7, 11) is 2.11. The number of nitrogens with one attached hydrogen (secondary N) is 1. The Bertz CT molecular complexity index is 672. The number of benzene rings is 1. The van der Waals surface area contributed by atoms with Crippen molar-refractivity contribution in [2.45, 2.75) is 25.8 Å². The molecule has 0 bridgehead atoms. The first kappa shape index (κ1) is 14.6. The van der Waals surface area contributed by atoms with Crippen LogP contribution in [-0.4, -0.2) is 37.0 Å². The van der Waals surface area contributed by atoms with E-state index in [2.05, 4.69) is 33.2 Å². The third-order valence-corrected chi connectivity index (χ3v) is 4.65. The van der Waals surface area contributed by atoms with Gasteiger partial charge in [0, 0.05) is 21.5 Å². The molecule has 5 heteroatoms. The molecule has 21 heavy (non-hydrogen) atoms. The fraction of sp³-hybridized carbons (Fsp3) is 0.438. The molecule has 0 unspecified atom stereocenters. The molecular weight excluding hydrogens is 332 g/mol. The maximum atomic E-state index is 12.4. The number of piperidine rings is 1. The van der Waals surface area contributed by atoms with Crippen LogP contribution >= 0.6 is 15.9 Å². The molecule has 1 aliphatic heterocycles. The van der Waals surface area contributed by atoms with E-state index in [9.17, 15) is 4.79 Å². The van der Waals surface area contributed by atoms with Crippen LogP contribution in [0.25, 0.3) is 11.0 Å². The number of hydrogen-bond donors (Lipinski definition) is 1. The third-order valence-electron chi connectivity index (χ3n) is 4.16. The molecule has 1 saturated heterocycles. The molecule has 0 aliphatic carbocycles. The Morgan fingerprint density at radius 1 is 1.38 bits per heavy atom. The molecule has 0 radical (unpaired) electrons. The average Bonchev–Trinajstić information content (AvgIpc) is 2.79. The van der Waals surface area contributed by atoms with Gasteiger partial charge in [0.1, 0.15) is 5.58 Å². The topological polar surface area (TPSA) is 45.5 Å². The lowest BCUT2D eigenvalue weighted by molar-refractivity contribution is 0.0890. The quantitative estimate of drug-likeness (QED) is 0.903. The van der Waals surface area contributed by atoms with Gasteiger partial charge in [-0.25, -0.2) is 0 Å². The summed E-state index contributed by atoms with van der Waals surface area (Å²) < 4.78 is 6.72. The molecule has 0 saturated carbocycles. The Balaban J connectivity index is 1.80. The van der Waals surface area contributed by atoms with Crippen molar-refractivity contribution in [1.29, 1.82) is 0 Å². The van der Waals surface area contributed by atoms with E-state index < -0.39 is 0 Å². The zero-order chi connectivity index (χ0) is 15.0. The van der Waals surface area contributed by atoms with Crippen LogP contribution in [0.2, 0.25) is 0 Å². The SMILES string of the molecule is Cc1c(C(=O)NC2CCN(C)CC2)oc2ccc(Br)cc12. The molecule has 0 spiro atoms. The lowest BCUT2D eigenvalue weighted by Crippen LogP contribution is -2.43. The second-order valence-electron chi connectivity index (χ2n) is 5.75. The predicted octanol–water partition coefficient (Wildman–Crippen LogP) is 3.33. The minimum atomic E-state index is -0.102. The van der Waals surface area contributed by atoms with Crippen LogP contribution in [0, 0.1) is 6.92 Å². The van der Waals surface area contributed by atoms with Crippen molar-refractivity contribution in [3.63, 3.8) is 0 Å². The molecule has 2 aromatic rings. The number of nitrogens with zero attached hydrogens (tertiary/aromatic N) is 1. The van der Waals surface area contributed by atoms with Gasteiger partial charge in [-0.15, -0.1) is 0 Å². The number of likely N-dealkylation sites (tertiary alicyclic amines) is 1. The minimum Gasteiger partial charge on any atom is -0.451 e. The number of halogens is 1. The van der Waals surface area contributed by atoms with Crippen molar-refractivity contribution in [1.82, 2.24) is 10.2 Å². The first-order valence-corrected chi connectivity index (χ1v) is 8.02. The Hall–Kier alpha value is -1.33. The van der Waals surface area contributed by atoms with Crippen molar-refractivity contribution < 1.29 is 9.21 Å². The summed E-state index contributed by atoms with van der Waals surface area (Å²) in [6, 6.07) is 6.04. The van der Waals surface area contributed by atoms with Crippen molar-refractivity contribution >= 4 is 32.8 Å². The molecule has 1 aromatic heterocycles. The van der Waals surface area contributed by atoms with Gasteiger partial charge in [0.05, 0.1) is 0 Å². The lowest BCUT2D eigenvalue weighted by Gasteiger charge is -2.29. The van der Waals surface area contributed by atoms with Crippen LogP contribution < -0.4 is 5.32 Å². The molecule has 1 N–H and O–H groups in total. The fourth-order valence-electron chi connectivity index (χ4n) is 2.81. The van der Waals surface area contributed by atoms with Gasteiger partial charge < -0.3 is 14.6 Å². The van der Waals surface area contributed by atoms with E-state index >= 15 is 0 Å². The van der Waals surface area contributed by atoms with Crippen LogP contribution in [0.4, 0.5) is 0 Å². The molecule has 3 rings (SSSR count). The molecule has 1 aliphatic rings. The first-order chi connectivity index (χ1) is 10.0. The zero-order valence-corrected chi connectivity index (χ0v) is 13.9. The summed E-state index contributed by atoms with van der Waals surface area (Å²) in [6.07, 6.45) is 1.99. The van der Waals surface area contributed by atoms with Gasteiger partial charge in [0.25, 0.3) is 5.91 Å². The minimum absolute atomic E-state index is 0.102. The maximum Gasteiger partial charge on any atom is 0.287 e. The number of carbonyl (C=O) groups excluding carboxylic acids is 1. The second-order valence-corrected chi connectivity index (χ2v) is 6.66. The summed E-state index contributed by atoms with van der Waals surface area (Å²) in [4.78, 5) is 14.7. The van der Waals surface area contributed by atoms with Gasteiger partial charge in [0.15, 0.2) is 5.76 Å². The van der Waals surface area contributed by atoms with E-state index in [1.807, 2.05) is 25.1 Å². The van der Waals surface area contributed by atoms with Crippen LogP contribution in [-0.2, 0) is 0 Å². The van der Waals surface area contributed by atoms with Gasteiger partial charge >= 0.3 is 0 Å². The van der Waals surface area contributed by atoms with Crippen LogP contribution in [0.5, 0.6) is 0 Å². The van der Waals surface area contributed by atoms with E-state index in [0.29, 0.717) is 5.76 Å². The maximum absolute atomic E-state index is 12.4. The summed E-state index contributed by atoms with van der Waals surface area (Å²) >= 11 is 3.45. The number of aryl methyl sites for hydroxylation is 1. The molecule has 4 nitrogen and oxygen atoms in total. The number of fused-ring (bicyclic) bond motifs is 1. The Morgan fingerprint density at radius 2 is 2.10 bits per heavy atom. The van der Waals surface area contributed by atoms with Gasteiger partial charge in [0.2, 0.25) is 0 Å².